The maximum absolute atomic E-state index is 12.2. The highest BCUT2D eigenvalue weighted by molar-refractivity contribution is 7.89. The van der Waals surface area contributed by atoms with Crippen molar-refractivity contribution in [3.05, 3.63) is 23.7 Å². The fraction of sp³-hybridized carbons (Fsp3) is 0.583. The number of aryl methyl sites for hydroxylation is 2. The van der Waals surface area contributed by atoms with Gasteiger partial charge in [-0.25, -0.2) is 22.7 Å². The number of rotatable bonds is 9. The van der Waals surface area contributed by atoms with Crippen LogP contribution in [0.15, 0.2) is 12.3 Å². The van der Waals surface area contributed by atoms with Crippen molar-refractivity contribution in [1.82, 2.24) is 24.2 Å². The number of aromatic nitrogens is 4. The standard InChI is InChI=1S/C24H35N7O5S2/c1-12-17(22-29-18-13(2)25-8-7-16(18)37-22)21(28-15-11-14(24(3,4)34)19(32)20(15)33)30-23(27-12)26-9-10-38(35,36)31(5)6/h7-8,14-15,19-20,32-34H,9-11H2,1-6H3,(H2,26,27,28,30)/t14-,15+,19+,20-/m0/s1. The van der Waals surface area contributed by atoms with E-state index in [-0.39, 0.29) is 18.2 Å². The molecule has 0 amide bonds. The molecule has 0 aliphatic heterocycles. The minimum absolute atomic E-state index is 0.0935. The summed E-state index contributed by atoms with van der Waals surface area (Å²) in [4.78, 5) is 18.3. The highest BCUT2D eigenvalue weighted by Gasteiger charge is 2.48. The number of aliphatic hydroxyl groups excluding tert-OH is 2. The van der Waals surface area contributed by atoms with Gasteiger partial charge in [-0.3, -0.25) is 4.98 Å². The molecule has 4 atom stereocenters. The van der Waals surface area contributed by atoms with E-state index in [0.717, 1.165) is 20.2 Å². The third kappa shape index (κ3) is 5.75. The first kappa shape index (κ1) is 28.5. The summed E-state index contributed by atoms with van der Waals surface area (Å²) in [5.74, 6) is -0.0920. The number of hydrogen-bond donors (Lipinski definition) is 5. The summed E-state index contributed by atoms with van der Waals surface area (Å²) in [6.07, 6.45) is -0.229. The summed E-state index contributed by atoms with van der Waals surface area (Å²) in [6, 6.07) is 1.29. The van der Waals surface area contributed by atoms with Crippen LogP contribution in [0.4, 0.5) is 11.8 Å². The Hall–Kier alpha value is -2.49. The molecule has 38 heavy (non-hydrogen) atoms. The Morgan fingerprint density at radius 2 is 1.84 bits per heavy atom. The normalized spacial score (nSPS) is 22.4. The first-order valence-electron chi connectivity index (χ1n) is 12.3. The van der Waals surface area contributed by atoms with Crippen molar-refractivity contribution >= 4 is 43.3 Å². The molecule has 1 aliphatic carbocycles. The molecule has 0 saturated heterocycles. The zero-order valence-electron chi connectivity index (χ0n) is 22.3. The van der Waals surface area contributed by atoms with Crippen LogP contribution >= 0.6 is 11.3 Å². The summed E-state index contributed by atoms with van der Waals surface area (Å²) in [5.41, 5.74) is 1.60. The molecule has 0 aromatic carbocycles. The molecule has 12 nitrogen and oxygen atoms in total. The third-order valence-corrected chi connectivity index (χ3v) is 9.78. The maximum Gasteiger partial charge on any atom is 0.224 e. The fourth-order valence-corrected chi connectivity index (χ4v) is 6.47. The molecule has 3 aromatic rings. The molecule has 0 spiro atoms. The van der Waals surface area contributed by atoms with E-state index in [1.807, 2.05) is 13.0 Å². The summed E-state index contributed by atoms with van der Waals surface area (Å²) in [5, 5.41) is 38.9. The van der Waals surface area contributed by atoms with Gasteiger partial charge in [-0.05, 0) is 40.2 Å². The monoisotopic (exact) mass is 565 g/mol. The summed E-state index contributed by atoms with van der Waals surface area (Å²) >= 11 is 1.46. The molecular weight excluding hydrogens is 530 g/mol. The summed E-state index contributed by atoms with van der Waals surface area (Å²) < 4.78 is 26.4. The van der Waals surface area contributed by atoms with Gasteiger partial charge in [0.1, 0.15) is 22.4 Å². The number of sulfonamides is 1. The summed E-state index contributed by atoms with van der Waals surface area (Å²) in [7, 11) is -0.457. The Labute approximate surface area is 226 Å². The largest absolute Gasteiger partial charge is 0.390 e. The molecule has 1 saturated carbocycles. The van der Waals surface area contributed by atoms with E-state index < -0.39 is 39.8 Å². The number of fused-ring (bicyclic) bond motifs is 1. The van der Waals surface area contributed by atoms with Crippen LogP contribution < -0.4 is 10.6 Å². The number of anilines is 2. The van der Waals surface area contributed by atoms with E-state index in [2.05, 4.69) is 25.6 Å². The lowest BCUT2D eigenvalue weighted by Gasteiger charge is -2.28. The molecule has 1 aliphatic rings. The first-order valence-corrected chi connectivity index (χ1v) is 14.7. The molecule has 208 valence electrons. The van der Waals surface area contributed by atoms with Gasteiger partial charge in [-0.2, -0.15) is 4.98 Å². The molecular formula is C24H35N7O5S2. The van der Waals surface area contributed by atoms with Crippen LogP contribution in [-0.2, 0) is 10.0 Å². The number of nitrogens with zero attached hydrogens (tertiary/aromatic N) is 5. The Balaban J connectivity index is 1.72. The average Bonchev–Trinajstić information content (AvgIpc) is 3.36. The number of thiazole rings is 1. The molecule has 1 fully saturated rings. The Morgan fingerprint density at radius 3 is 2.45 bits per heavy atom. The highest BCUT2D eigenvalue weighted by Crippen LogP contribution is 2.40. The second kappa shape index (κ2) is 10.6. The van der Waals surface area contributed by atoms with E-state index in [0.29, 0.717) is 28.5 Å². The van der Waals surface area contributed by atoms with Gasteiger partial charge < -0.3 is 26.0 Å². The van der Waals surface area contributed by atoms with E-state index in [1.54, 1.807) is 27.0 Å². The van der Waals surface area contributed by atoms with Crippen molar-refractivity contribution < 1.29 is 23.7 Å². The van der Waals surface area contributed by atoms with Gasteiger partial charge in [0.15, 0.2) is 0 Å². The second-order valence-corrected chi connectivity index (χ2v) is 13.7. The Bertz CT molecular complexity index is 1420. The Morgan fingerprint density at radius 1 is 1.13 bits per heavy atom. The number of hydrogen-bond acceptors (Lipinski definition) is 12. The lowest BCUT2D eigenvalue weighted by molar-refractivity contribution is -0.0601. The lowest BCUT2D eigenvalue weighted by atomic mass is 9.88. The molecule has 4 rings (SSSR count). The van der Waals surface area contributed by atoms with Crippen LogP contribution in [0.1, 0.15) is 31.7 Å². The van der Waals surface area contributed by atoms with E-state index in [1.165, 1.54) is 25.4 Å². The predicted molar refractivity (Wildman–Crippen MR) is 148 cm³/mol. The first-order chi connectivity index (χ1) is 17.7. The maximum atomic E-state index is 12.2. The van der Waals surface area contributed by atoms with E-state index in [9.17, 15) is 23.7 Å². The van der Waals surface area contributed by atoms with Gasteiger partial charge in [0.2, 0.25) is 16.0 Å². The van der Waals surface area contributed by atoms with Gasteiger partial charge in [-0.15, -0.1) is 11.3 Å². The van der Waals surface area contributed by atoms with Gasteiger partial charge in [0.05, 0.1) is 45.2 Å². The molecule has 0 radical (unpaired) electrons. The van der Waals surface area contributed by atoms with Crippen LogP contribution in [0.5, 0.6) is 0 Å². The second-order valence-electron chi connectivity index (χ2n) is 10.4. The van der Waals surface area contributed by atoms with Gasteiger partial charge >= 0.3 is 0 Å². The minimum atomic E-state index is -3.41. The van der Waals surface area contributed by atoms with Gasteiger partial charge in [-0.1, -0.05) is 0 Å². The average molecular weight is 566 g/mol. The topological polar surface area (TPSA) is 174 Å². The SMILES string of the molecule is Cc1nc(NCCS(=O)(=O)N(C)C)nc(N[C@@H]2C[C@H](C(C)(C)O)[C@@H](O)[C@H]2O)c1-c1nc2c(C)nccc2s1. The van der Waals surface area contributed by atoms with Crippen molar-refractivity contribution in [2.45, 2.75) is 58.0 Å². The van der Waals surface area contributed by atoms with Crippen molar-refractivity contribution in [1.29, 1.82) is 0 Å². The van der Waals surface area contributed by atoms with Crippen LogP contribution in [0.2, 0.25) is 0 Å². The fourth-order valence-electron chi connectivity index (χ4n) is 4.63. The van der Waals surface area contributed by atoms with Crippen molar-refractivity contribution in [2.75, 3.05) is 37.0 Å². The van der Waals surface area contributed by atoms with Crippen LogP contribution in [0.3, 0.4) is 0 Å². The summed E-state index contributed by atoms with van der Waals surface area (Å²) in [6.45, 7) is 7.00. The van der Waals surface area contributed by atoms with Crippen molar-refractivity contribution in [2.24, 2.45) is 5.92 Å². The highest BCUT2D eigenvalue weighted by atomic mass is 32.2. The van der Waals surface area contributed by atoms with Crippen LogP contribution in [0, 0.1) is 19.8 Å². The minimum Gasteiger partial charge on any atom is -0.390 e. The van der Waals surface area contributed by atoms with E-state index in [4.69, 9.17) is 4.98 Å². The van der Waals surface area contributed by atoms with Crippen LogP contribution in [-0.4, -0.2) is 98.2 Å². The lowest BCUT2D eigenvalue weighted by Crippen LogP contribution is -2.40. The molecule has 5 N–H and O–H groups in total. The zero-order valence-corrected chi connectivity index (χ0v) is 23.9. The predicted octanol–water partition coefficient (Wildman–Crippen LogP) is 1.36. The third-order valence-electron chi connectivity index (χ3n) is 6.91. The number of aliphatic hydroxyl groups is 3. The van der Waals surface area contributed by atoms with Crippen LogP contribution in [0.25, 0.3) is 20.8 Å². The van der Waals surface area contributed by atoms with Gasteiger partial charge in [0.25, 0.3) is 0 Å². The Kier molecular flexibility index (Phi) is 7.94. The quantitative estimate of drug-likeness (QED) is 0.253. The smallest absolute Gasteiger partial charge is 0.224 e. The molecule has 14 heteroatoms. The number of pyridine rings is 1. The number of nitrogens with one attached hydrogen (secondary N) is 2. The molecule has 0 bridgehead atoms. The van der Waals surface area contributed by atoms with Crippen molar-refractivity contribution in [3.8, 4) is 10.6 Å². The van der Waals surface area contributed by atoms with E-state index >= 15 is 0 Å². The molecule has 3 heterocycles. The zero-order chi connectivity index (χ0) is 28.0. The molecule has 0 unspecified atom stereocenters. The molecule has 3 aromatic heterocycles. The van der Waals surface area contributed by atoms with Crippen molar-refractivity contribution in [3.63, 3.8) is 0 Å². The van der Waals surface area contributed by atoms with Gasteiger partial charge in [0, 0.05) is 32.8 Å².